The molecule has 0 aliphatic heterocycles. The standard InChI is InChI=1S/C13H13BrN4S/c1-18-8-9(7-16-18)4-5-15-13-17-11-6-10(14)2-3-12(11)19-13/h2-3,6-8H,4-5H2,1H3,(H,15,17). The number of rotatable bonds is 4. The number of nitrogens with one attached hydrogen (secondary N) is 1. The number of aromatic nitrogens is 3. The normalized spacial score (nSPS) is 11.1. The second-order valence-corrected chi connectivity index (χ2v) is 6.28. The third kappa shape index (κ3) is 2.96. The average Bonchev–Trinajstić information content (AvgIpc) is 2.95. The zero-order valence-corrected chi connectivity index (χ0v) is 12.8. The van der Waals surface area contributed by atoms with Crippen LogP contribution in [0, 0.1) is 0 Å². The summed E-state index contributed by atoms with van der Waals surface area (Å²) in [6.45, 7) is 0.868. The number of anilines is 1. The van der Waals surface area contributed by atoms with E-state index in [2.05, 4.69) is 37.4 Å². The molecule has 0 saturated carbocycles. The molecule has 2 heterocycles. The number of aryl methyl sites for hydroxylation is 1. The Labute approximate surface area is 123 Å². The highest BCUT2D eigenvalue weighted by Gasteiger charge is 2.04. The Morgan fingerprint density at radius 1 is 1.42 bits per heavy atom. The molecule has 0 atom stereocenters. The molecular formula is C13H13BrN4S. The van der Waals surface area contributed by atoms with Crippen molar-refractivity contribution in [2.45, 2.75) is 6.42 Å². The molecule has 0 aliphatic carbocycles. The van der Waals surface area contributed by atoms with Crippen molar-refractivity contribution in [3.05, 3.63) is 40.6 Å². The van der Waals surface area contributed by atoms with E-state index >= 15 is 0 Å². The third-order valence-corrected chi connectivity index (χ3v) is 4.29. The minimum atomic E-state index is 0.868. The third-order valence-electron chi connectivity index (χ3n) is 2.80. The number of halogens is 1. The summed E-state index contributed by atoms with van der Waals surface area (Å²) >= 11 is 5.14. The molecule has 0 spiro atoms. The maximum Gasteiger partial charge on any atom is 0.183 e. The molecule has 0 aliphatic rings. The van der Waals surface area contributed by atoms with Crippen molar-refractivity contribution >= 4 is 42.6 Å². The zero-order chi connectivity index (χ0) is 13.2. The minimum absolute atomic E-state index is 0.868. The van der Waals surface area contributed by atoms with Crippen molar-refractivity contribution < 1.29 is 0 Å². The van der Waals surface area contributed by atoms with Crippen molar-refractivity contribution in [3.8, 4) is 0 Å². The minimum Gasteiger partial charge on any atom is -0.361 e. The summed E-state index contributed by atoms with van der Waals surface area (Å²) < 4.78 is 4.09. The highest BCUT2D eigenvalue weighted by molar-refractivity contribution is 9.10. The largest absolute Gasteiger partial charge is 0.361 e. The van der Waals surface area contributed by atoms with E-state index in [1.54, 1.807) is 11.3 Å². The van der Waals surface area contributed by atoms with Crippen LogP contribution in [-0.2, 0) is 13.5 Å². The summed E-state index contributed by atoms with van der Waals surface area (Å²) in [5.74, 6) is 0. The second-order valence-electron chi connectivity index (χ2n) is 4.33. The predicted molar refractivity (Wildman–Crippen MR) is 82.7 cm³/mol. The highest BCUT2D eigenvalue weighted by atomic mass is 79.9. The van der Waals surface area contributed by atoms with Crippen molar-refractivity contribution in [3.63, 3.8) is 0 Å². The molecule has 98 valence electrons. The topological polar surface area (TPSA) is 42.7 Å². The second kappa shape index (κ2) is 5.30. The number of benzene rings is 1. The Morgan fingerprint density at radius 2 is 2.32 bits per heavy atom. The molecular weight excluding hydrogens is 324 g/mol. The van der Waals surface area contributed by atoms with Crippen LogP contribution in [0.2, 0.25) is 0 Å². The van der Waals surface area contributed by atoms with Gasteiger partial charge in [0.1, 0.15) is 0 Å². The number of fused-ring (bicyclic) bond motifs is 1. The molecule has 0 amide bonds. The van der Waals surface area contributed by atoms with E-state index in [9.17, 15) is 0 Å². The zero-order valence-electron chi connectivity index (χ0n) is 10.4. The predicted octanol–water partition coefficient (Wildman–Crippen LogP) is 3.45. The molecule has 1 aromatic carbocycles. The molecule has 0 saturated heterocycles. The molecule has 3 rings (SSSR count). The van der Waals surface area contributed by atoms with E-state index in [-0.39, 0.29) is 0 Å². The van der Waals surface area contributed by atoms with Gasteiger partial charge in [0.05, 0.1) is 16.4 Å². The van der Waals surface area contributed by atoms with Crippen LogP contribution in [0.1, 0.15) is 5.56 Å². The van der Waals surface area contributed by atoms with E-state index < -0.39 is 0 Å². The summed E-state index contributed by atoms with van der Waals surface area (Å²) in [6, 6.07) is 6.17. The lowest BCUT2D eigenvalue weighted by Crippen LogP contribution is -2.03. The Kier molecular flexibility index (Phi) is 3.52. The van der Waals surface area contributed by atoms with Crippen LogP contribution >= 0.6 is 27.3 Å². The van der Waals surface area contributed by atoms with Crippen molar-refractivity contribution in [1.82, 2.24) is 14.8 Å². The number of nitrogens with zero attached hydrogens (tertiary/aromatic N) is 3. The first-order valence-electron chi connectivity index (χ1n) is 5.98. The van der Waals surface area contributed by atoms with Crippen LogP contribution in [0.15, 0.2) is 35.1 Å². The summed E-state index contributed by atoms with van der Waals surface area (Å²) in [5.41, 5.74) is 2.27. The van der Waals surface area contributed by atoms with Gasteiger partial charge in [-0.1, -0.05) is 27.3 Å². The molecule has 6 heteroatoms. The van der Waals surface area contributed by atoms with Gasteiger partial charge < -0.3 is 5.32 Å². The van der Waals surface area contributed by atoms with Crippen molar-refractivity contribution in [2.75, 3.05) is 11.9 Å². The van der Waals surface area contributed by atoms with Crippen LogP contribution in [0.5, 0.6) is 0 Å². The van der Waals surface area contributed by atoms with Crippen LogP contribution in [0.25, 0.3) is 10.2 Å². The fourth-order valence-electron chi connectivity index (χ4n) is 1.89. The van der Waals surface area contributed by atoms with Gasteiger partial charge in [0.2, 0.25) is 0 Å². The Bertz CT molecular complexity index is 704. The highest BCUT2D eigenvalue weighted by Crippen LogP contribution is 2.28. The molecule has 3 aromatic rings. The lowest BCUT2D eigenvalue weighted by atomic mass is 10.2. The molecule has 4 nitrogen and oxygen atoms in total. The SMILES string of the molecule is Cn1cc(CCNc2nc3cc(Br)ccc3s2)cn1. The van der Waals surface area contributed by atoms with Crippen LogP contribution < -0.4 is 5.32 Å². The van der Waals surface area contributed by atoms with E-state index in [4.69, 9.17) is 0 Å². The molecule has 2 aromatic heterocycles. The van der Waals surface area contributed by atoms with Crippen molar-refractivity contribution in [1.29, 1.82) is 0 Å². The Balaban J connectivity index is 1.65. The lowest BCUT2D eigenvalue weighted by Gasteiger charge is -1.99. The van der Waals surface area contributed by atoms with E-state index in [1.807, 2.05) is 36.3 Å². The molecule has 19 heavy (non-hydrogen) atoms. The number of hydrogen-bond acceptors (Lipinski definition) is 4. The maximum atomic E-state index is 4.57. The summed E-state index contributed by atoms with van der Waals surface area (Å²) in [6.07, 6.45) is 4.89. The summed E-state index contributed by atoms with van der Waals surface area (Å²) in [5, 5.41) is 8.49. The van der Waals surface area contributed by atoms with Gasteiger partial charge in [-0.25, -0.2) is 4.98 Å². The van der Waals surface area contributed by atoms with Crippen LogP contribution in [0.3, 0.4) is 0 Å². The first kappa shape index (κ1) is 12.6. The quantitative estimate of drug-likeness (QED) is 0.793. The van der Waals surface area contributed by atoms with Gasteiger partial charge in [0.15, 0.2) is 5.13 Å². The van der Waals surface area contributed by atoms with Gasteiger partial charge in [-0.2, -0.15) is 5.10 Å². The van der Waals surface area contributed by atoms with Gasteiger partial charge in [-0.15, -0.1) is 0 Å². The van der Waals surface area contributed by atoms with Crippen molar-refractivity contribution in [2.24, 2.45) is 7.05 Å². The van der Waals surface area contributed by atoms with Gasteiger partial charge in [0, 0.05) is 24.3 Å². The fourth-order valence-corrected chi connectivity index (χ4v) is 3.11. The molecule has 0 bridgehead atoms. The van der Waals surface area contributed by atoms with E-state index in [0.717, 1.165) is 28.1 Å². The van der Waals surface area contributed by atoms with Gasteiger partial charge in [-0.05, 0) is 30.2 Å². The number of hydrogen-bond donors (Lipinski definition) is 1. The maximum absolute atomic E-state index is 4.57. The fraction of sp³-hybridized carbons (Fsp3) is 0.231. The average molecular weight is 337 g/mol. The van der Waals surface area contributed by atoms with Gasteiger partial charge in [-0.3, -0.25) is 4.68 Å². The molecule has 0 radical (unpaired) electrons. The summed E-state index contributed by atoms with van der Waals surface area (Å²) in [4.78, 5) is 4.57. The van der Waals surface area contributed by atoms with E-state index in [1.165, 1.54) is 10.3 Å². The van der Waals surface area contributed by atoms with Gasteiger partial charge in [0.25, 0.3) is 0 Å². The first-order chi connectivity index (χ1) is 9.20. The number of thiazole rings is 1. The monoisotopic (exact) mass is 336 g/mol. The molecule has 1 N–H and O–H groups in total. The molecule has 0 unspecified atom stereocenters. The van der Waals surface area contributed by atoms with Crippen LogP contribution in [-0.4, -0.2) is 21.3 Å². The van der Waals surface area contributed by atoms with Gasteiger partial charge >= 0.3 is 0 Å². The Hall–Kier alpha value is -1.40. The Morgan fingerprint density at radius 3 is 3.11 bits per heavy atom. The van der Waals surface area contributed by atoms with Crippen LogP contribution in [0.4, 0.5) is 5.13 Å². The molecule has 0 fully saturated rings. The lowest BCUT2D eigenvalue weighted by molar-refractivity contribution is 0.767. The summed E-state index contributed by atoms with van der Waals surface area (Å²) in [7, 11) is 1.93. The van der Waals surface area contributed by atoms with E-state index in [0.29, 0.717) is 0 Å². The smallest absolute Gasteiger partial charge is 0.183 e. The first-order valence-corrected chi connectivity index (χ1v) is 7.59.